The standard InChI is InChI=1S/C18H33NO3/c1-13(2)9-10-18(21)11-14-7-6-8-15(12-18)19(14)16(20)22-17(3,4)5/h13-15,21H,6-12H2,1-5H3. The average Bonchev–Trinajstić information content (AvgIpc) is 2.33. The zero-order valence-electron chi connectivity index (χ0n) is 14.9. The molecule has 2 heterocycles. The molecule has 0 aromatic heterocycles. The van der Waals surface area contributed by atoms with Crippen LogP contribution in [-0.2, 0) is 4.74 Å². The van der Waals surface area contributed by atoms with E-state index in [2.05, 4.69) is 13.8 Å². The number of piperidine rings is 2. The smallest absolute Gasteiger partial charge is 0.410 e. The molecule has 1 N–H and O–H groups in total. The Hall–Kier alpha value is -0.770. The molecule has 0 saturated carbocycles. The van der Waals surface area contributed by atoms with Gasteiger partial charge in [0.25, 0.3) is 0 Å². The number of nitrogens with zero attached hydrogens (tertiary/aromatic N) is 1. The van der Waals surface area contributed by atoms with Crippen molar-refractivity contribution >= 4 is 6.09 Å². The molecule has 0 radical (unpaired) electrons. The number of rotatable bonds is 3. The molecule has 0 aliphatic carbocycles. The number of carbonyl (C=O) groups is 1. The maximum atomic E-state index is 12.5. The molecular weight excluding hydrogens is 278 g/mol. The van der Waals surface area contributed by atoms with Gasteiger partial charge in [0.05, 0.1) is 5.60 Å². The highest BCUT2D eigenvalue weighted by atomic mass is 16.6. The highest BCUT2D eigenvalue weighted by Crippen LogP contribution is 2.42. The second kappa shape index (κ2) is 6.38. The van der Waals surface area contributed by atoms with Crippen molar-refractivity contribution in [3.05, 3.63) is 0 Å². The second-order valence-electron chi connectivity index (χ2n) is 8.69. The first-order valence-electron chi connectivity index (χ1n) is 8.83. The number of hydrogen-bond acceptors (Lipinski definition) is 3. The quantitative estimate of drug-likeness (QED) is 0.853. The SMILES string of the molecule is CC(C)CCC1(O)CC2CCCC(C1)N2C(=O)OC(C)(C)C. The fourth-order valence-electron chi connectivity index (χ4n) is 3.90. The molecule has 128 valence electrons. The summed E-state index contributed by atoms with van der Waals surface area (Å²) >= 11 is 0. The first-order valence-corrected chi connectivity index (χ1v) is 8.83. The third-order valence-electron chi connectivity index (χ3n) is 4.88. The van der Waals surface area contributed by atoms with Gasteiger partial charge in [-0.1, -0.05) is 13.8 Å². The lowest BCUT2D eigenvalue weighted by Crippen LogP contribution is -2.60. The molecule has 2 saturated heterocycles. The molecule has 2 rings (SSSR count). The zero-order chi connectivity index (χ0) is 16.5. The van der Waals surface area contributed by atoms with E-state index in [0.29, 0.717) is 18.8 Å². The van der Waals surface area contributed by atoms with Gasteiger partial charge in [-0.25, -0.2) is 4.79 Å². The number of carbonyl (C=O) groups excluding carboxylic acids is 1. The molecule has 4 heteroatoms. The fraction of sp³-hybridized carbons (Fsp3) is 0.944. The van der Waals surface area contributed by atoms with Crippen molar-refractivity contribution in [2.75, 3.05) is 0 Å². The van der Waals surface area contributed by atoms with Gasteiger partial charge in [0.2, 0.25) is 0 Å². The van der Waals surface area contributed by atoms with E-state index in [1.807, 2.05) is 25.7 Å². The van der Waals surface area contributed by atoms with E-state index < -0.39 is 11.2 Å². The van der Waals surface area contributed by atoms with Gasteiger partial charge in [0, 0.05) is 12.1 Å². The van der Waals surface area contributed by atoms with Crippen molar-refractivity contribution in [2.24, 2.45) is 5.92 Å². The predicted molar refractivity (Wildman–Crippen MR) is 87.8 cm³/mol. The summed E-state index contributed by atoms with van der Waals surface area (Å²) in [6.07, 6.45) is 6.22. The number of fused-ring (bicyclic) bond motifs is 2. The number of aliphatic hydroxyl groups is 1. The van der Waals surface area contributed by atoms with Gasteiger partial charge in [-0.3, -0.25) is 0 Å². The Bertz CT molecular complexity index is 386. The lowest BCUT2D eigenvalue weighted by molar-refractivity contribution is -0.0974. The summed E-state index contributed by atoms with van der Waals surface area (Å²) in [5.41, 5.74) is -1.06. The third kappa shape index (κ3) is 4.37. The van der Waals surface area contributed by atoms with Crippen molar-refractivity contribution in [3.8, 4) is 0 Å². The molecule has 2 aliphatic heterocycles. The Labute approximate surface area is 135 Å². The summed E-state index contributed by atoms with van der Waals surface area (Å²) in [4.78, 5) is 14.5. The Morgan fingerprint density at radius 3 is 2.27 bits per heavy atom. The maximum absolute atomic E-state index is 12.5. The van der Waals surface area contributed by atoms with E-state index in [9.17, 15) is 9.90 Å². The molecule has 2 bridgehead atoms. The van der Waals surface area contributed by atoms with Crippen LogP contribution >= 0.6 is 0 Å². The monoisotopic (exact) mass is 311 g/mol. The van der Waals surface area contributed by atoms with Gasteiger partial charge in [0.1, 0.15) is 5.60 Å². The van der Waals surface area contributed by atoms with Gasteiger partial charge in [-0.15, -0.1) is 0 Å². The lowest BCUT2D eigenvalue weighted by Gasteiger charge is -2.52. The van der Waals surface area contributed by atoms with Gasteiger partial charge < -0.3 is 14.7 Å². The number of ether oxygens (including phenoxy) is 1. The van der Waals surface area contributed by atoms with Crippen molar-refractivity contribution in [2.45, 2.75) is 103 Å². The Morgan fingerprint density at radius 2 is 1.82 bits per heavy atom. The Kier molecular flexibility index (Phi) is 5.10. The minimum atomic E-state index is -0.599. The van der Waals surface area contributed by atoms with E-state index in [1.54, 1.807) is 0 Å². The highest BCUT2D eigenvalue weighted by molar-refractivity contribution is 5.69. The molecule has 0 spiro atoms. The van der Waals surface area contributed by atoms with Crippen LogP contribution in [0.3, 0.4) is 0 Å². The molecular formula is C18H33NO3. The normalized spacial score (nSPS) is 32.2. The first kappa shape index (κ1) is 17.6. The largest absolute Gasteiger partial charge is 0.444 e. The first-order chi connectivity index (χ1) is 10.1. The Balaban J connectivity index is 2.06. The van der Waals surface area contributed by atoms with Crippen LogP contribution in [0.4, 0.5) is 4.79 Å². The van der Waals surface area contributed by atoms with Crippen molar-refractivity contribution in [1.29, 1.82) is 0 Å². The van der Waals surface area contributed by atoms with Crippen LogP contribution in [0.15, 0.2) is 0 Å². The van der Waals surface area contributed by atoms with E-state index in [4.69, 9.17) is 4.74 Å². The zero-order valence-corrected chi connectivity index (χ0v) is 14.9. The molecule has 2 aliphatic rings. The lowest BCUT2D eigenvalue weighted by atomic mass is 9.73. The van der Waals surface area contributed by atoms with Crippen molar-refractivity contribution < 1.29 is 14.6 Å². The van der Waals surface area contributed by atoms with Gasteiger partial charge in [0.15, 0.2) is 0 Å². The minimum absolute atomic E-state index is 0.138. The van der Waals surface area contributed by atoms with Gasteiger partial charge in [-0.05, 0) is 71.6 Å². The molecule has 2 atom stereocenters. The van der Waals surface area contributed by atoms with Crippen molar-refractivity contribution in [1.82, 2.24) is 4.90 Å². The van der Waals surface area contributed by atoms with Crippen LogP contribution < -0.4 is 0 Å². The topological polar surface area (TPSA) is 49.8 Å². The average molecular weight is 311 g/mol. The van der Waals surface area contributed by atoms with E-state index >= 15 is 0 Å². The highest BCUT2D eigenvalue weighted by Gasteiger charge is 2.48. The molecule has 4 nitrogen and oxygen atoms in total. The minimum Gasteiger partial charge on any atom is -0.444 e. The van der Waals surface area contributed by atoms with Crippen LogP contribution in [0.2, 0.25) is 0 Å². The summed E-state index contributed by atoms with van der Waals surface area (Å²) in [7, 11) is 0. The second-order valence-corrected chi connectivity index (χ2v) is 8.69. The van der Waals surface area contributed by atoms with Crippen molar-refractivity contribution in [3.63, 3.8) is 0 Å². The van der Waals surface area contributed by atoms with E-state index in [0.717, 1.165) is 32.1 Å². The molecule has 2 unspecified atom stereocenters. The van der Waals surface area contributed by atoms with E-state index in [-0.39, 0.29) is 18.2 Å². The van der Waals surface area contributed by atoms with E-state index in [1.165, 1.54) is 0 Å². The van der Waals surface area contributed by atoms with Crippen LogP contribution in [0.1, 0.15) is 79.6 Å². The van der Waals surface area contributed by atoms with Gasteiger partial charge >= 0.3 is 6.09 Å². The van der Waals surface area contributed by atoms with Crippen LogP contribution in [-0.4, -0.2) is 39.4 Å². The summed E-state index contributed by atoms with van der Waals surface area (Å²) in [5, 5.41) is 11.0. The summed E-state index contributed by atoms with van der Waals surface area (Å²) < 4.78 is 5.59. The van der Waals surface area contributed by atoms with Crippen LogP contribution in [0, 0.1) is 5.92 Å². The summed E-state index contributed by atoms with van der Waals surface area (Å²) in [5.74, 6) is 0.604. The molecule has 22 heavy (non-hydrogen) atoms. The fourth-order valence-corrected chi connectivity index (χ4v) is 3.90. The maximum Gasteiger partial charge on any atom is 0.410 e. The van der Waals surface area contributed by atoms with Crippen LogP contribution in [0.5, 0.6) is 0 Å². The third-order valence-corrected chi connectivity index (χ3v) is 4.88. The summed E-state index contributed by atoms with van der Waals surface area (Å²) in [6, 6.07) is 0.277. The number of hydrogen-bond donors (Lipinski definition) is 1. The molecule has 1 amide bonds. The van der Waals surface area contributed by atoms with Gasteiger partial charge in [-0.2, -0.15) is 0 Å². The summed E-state index contributed by atoms with van der Waals surface area (Å²) in [6.45, 7) is 10.1. The predicted octanol–water partition coefficient (Wildman–Crippen LogP) is 4.11. The number of amides is 1. The molecule has 0 aromatic carbocycles. The van der Waals surface area contributed by atoms with Crippen LogP contribution in [0.25, 0.3) is 0 Å². The Morgan fingerprint density at radius 1 is 1.27 bits per heavy atom. The molecule has 2 fully saturated rings. The molecule has 0 aromatic rings.